The zero-order chi connectivity index (χ0) is 9.80. The molecule has 1 heterocycles. The molecule has 0 radical (unpaired) electrons. The van der Waals surface area contributed by atoms with Gasteiger partial charge < -0.3 is 0 Å². The third kappa shape index (κ3) is 2.41. The van der Waals surface area contributed by atoms with E-state index in [0.717, 1.165) is 30.7 Å². The number of Topliss-reactive ketones (excluding diaryl/α,β-unsaturated/α-hetero) is 1. The van der Waals surface area contributed by atoms with Gasteiger partial charge in [0.2, 0.25) is 0 Å². The number of thiazole rings is 1. The van der Waals surface area contributed by atoms with Crippen molar-refractivity contribution in [2.45, 2.75) is 38.5 Å². The van der Waals surface area contributed by atoms with Gasteiger partial charge in [0.1, 0.15) is 5.78 Å². The number of nitrogens with zero attached hydrogens (tertiary/aromatic N) is 1. The van der Waals surface area contributed by atoms with Crippen LogP contribution in [0, 0.1) is 5.92 Å². The quantitative estimate of drug-likeness (QED) is 0.701. The molecule has 2 rings (SSSR count). The van der Waals surface area contributed by atoms with Crippen LogP contribution in [0.25, 0.3) is 0 Å². The second kappa shape index (κ2) is 4.69. The number of aromatic nitrogens is 1. The van der Waals surface area contributed by atoms with Gasteiger partial charge >= 0.3 is 0 Å². The molecular formula is C11H15NOS. The van der Waals surface area contributed by atoms with Crippen molar-refractivity contribution < 1.29 is 4.79 Å². The summed E-state index contributed by atoms with van der Waals surface area (Å²) in [5, 5.41) is 3.10. The van der Waals surface area contributed by atoms with Gasteiger partial charge in [-0.2, -0.15) is 0 Å². The van der Waals surface area contributed by atoms with Crippen molar-refractivity contribution in [2.24, 2.45) is 5.92 Å². The highest BCUT2D eigenvalue weighted by molar-refractivity contribution is 7.09. The van der Waals surface area contributed by atoms with Crippen LogP contribution >= 0.6 is 11.3 Å². The van der Waals surface area contributed by atoms with E-state index in [1.807, 2.05) is 11.6 Å². The normalized spacial score (nSPS) is 23.4. The Balaban J connectivity index is 1.98. The number of ketones is 1. The van der Waals surface area contributed by atoms with E-state index in [1.54, 1.807) is 11.3 Å². The van der Waals surface area contributed by atoms with Crippen LogP contribution in [-0.4, -0.2) is 10.8 Å². The molecule has 1 aromatic rings. The summed E-state index contributed by atoms with van der Waals surface area (Å²) >= 11 is 1.66. The number of hydrogen-bond donors (Lipinski definition) is 0. The van der Waals surface area contributed by atoms with E-state index < -0.39 is 0 Å². The number of hydrogen-bond acceptors (Lipinski definition) is 3. The standard InChI is InChI=1S/C11H15NOS/c13-10-5-3-1-2-4-9(10)8-11-12-6-7-14-11/h6-7,9H,1-5,8H2. The molecule has 0 aromatic carbocycles. The Hall–Kier alpha value is -0.700. The first-order valence-electron chi connectivity index (χ1n) is 5.27. The van der Waals surface area contributed by atoms with Crippen molar-refractivity contribution in [1.29, 1.82) is 0 Å². The van der Waals surface area contributed by atoms with E-state index in [2.05, 4.69) is 4.98 Å². The number of rotatable bonds is 2. The van der Waals surface area contributed by atoms with Crippen LogP contribution in [-0.2, 0) is 11.2 Å². The maximum atomic E-state index is 11.7. The molecule has 1 atom stereocenters. The minimum Gasteiger partial charge on any atom is -0.299 e. The molecule has 0 saturated heterocycles. The summed E-state index contributed by atoms with van der Waals surface area (Å²) < 4.78 is 0. The molecule has 1 aromatic heterocycles. The van der Waals surface area contributed by atoms with Gasteiger partial charge in [-0.25, -0.2) is 4.98 Å². The lowest BCUT2D eigenvalue weighted by atomic mass is 9.96. The van der Waals surface area contributed by atoms with Crippen LogP contribution in [0.15, 0.2) is 11.6 Å². The molecule has 0 amide bonds. The maximum Gasteiger partial charge on any atom is 0.136 e. The van der Waals surface area contributed by atoms with Crippen LogP contribution in [0.4, 0.5) is 0 Å². The summed E-state index contributed by atoms with van der Waals surface area (Å²) in [6.07, 6.45) is 8.07. The summed E-state index contributed by atoms with van der Waals surface area (Å²) in [5.74, 6) is 0.710. The summed E-state index contributed by atoms with van der Waals surface area (Å²) in [5.41, 5.74) is 0. The Morgan fingerprint density at radius 2 is 2.36 bits per heavy atom. The van der Waals surface area contributed by atoms with Crippen molar-refractivity contribution in [3.8, 4) is 0 Å². The van der Waals surface area contributed by atoms with Crippen molar-refractivity contribution >= 4 is 17.1 Å². The SMILES string of the molecule is O=C1CCCCCC1Cc1nccs1. The first kappa shape index (κ1) is 9.84. The van der Waals surface area contributed by atoms with Crippen molar-refractivity contribution in [3.63, 3.8) is 0 Å². The smallest absolute Gasteiger partial charge is 0.136 e. The lowest BCUT2D eigenvalue weighted by Crippen LogP contribution is -2.15. The number of carbonyl (C=O) groups excluding carboxylic acids is 1. The Morgan fingerprint density at radius 1 is 1.43 bits per heavy atom. The topological polar surface area (TPSA) is 30.0 Å². The Morgan fingerprint density at radius 3 is 3.14 bits per heavy atom. The van der Waals surface area contributed by atoms with Gasteiger partial charge in [-0.1, -0.05) is 12.8 Å². The van der Waals surface area contributed by atoms with E-state index in [4.69, 9.17) is 0 Å². The highest BCUT2D eigenvalue weighted by Crippen LogP contribution is 2.24. The highest BCUT2D eigenvalue weighted by Gasteiger charge is 2.21. The summed E-state index contributed by atoms with van der Waals surface area (Å²) in [7, 11) is 0. The zero-order valence-electron chi connectivity index (χ0n) is 8.24. The van der Waals surface area contributed by atoms with Crippen molar-refractivity contribution in [3.05, 3.63) is 16.6 Å². The van der Waals surface area contributed by atoms with E-state index >= 15 is 0 Å². The molecule has 76 valence electrons. The van der Waals surface area contributed by atoms with Crippen LogP contribution in [0.5, 0.6) is 0 Å². The summed E-state index contributed by atoms with van der Waals surface area (Å²) in [6.45, 7) is 0. The molecule has 1 aliphatic carbocycles. The first-order chi connectivity index (χ1) is 6.86. The van der Waals surface area contributed by atoms with Crippen LogP contribution in [0.1, 0.15) is 37.1 Å². The molecule has 14 heavy (non-hydrogen) atoms. The molecule has 1 aliphatic rings. The number of carbonyl (C=O) groups is 1. The predicted octanol–water partition coefficient (Wildman–Crippen LogP) is 2.84. The monoisotopic (exact) mass is 209 g/mol. The molecule has 1 saturated carbocycles. The van der Waals surface area contributed by atoms with Gasteiger partial charge in [-0.05, 0) is 12.8 Å². The predicted molar refractivity (Wildman–Crippen MR) is 57.4 cm³/mol. The molecule has 1 fully saturated rings. The molecule has 0 aliphatic heterocycles. The van der Waals surface area contributed by atoms with E-state index in [9.17, 15) is 4.79 Å². The van der Waals surface area contributed by atoms with Crippen LogP contribution < -0.4 is 0 Å². The third-order valence-corrected chi connectivity index (χ3v) is 3.64. The zero-order valence-corrected chi connectivity index (χ0v) is 9.05. The van der Waals surface area contributed by atoms with Gasteiger partial charge in [0.25, 0.3) is 0 Å². The Bertz CT molecular complexity index is 294. The maximum absolute atomic E-state index is 11.7. The molecule has 3 heteroatoms. The lowest BCUT2D eigenvalue weighted by molar-refractivity contribution is -0.122. The molecular weight excluding hydrogens is 194 g/mol. The van der Waals surface area contributed by atoms with Gasteiger partial charge in [-0.3, -0.25) is 4.79 Å². The minimum atomic E-state index is 0.253. The molecule has 0 bridgehead atoms. The molecule has 1 unspecified atom stereocenters. The minimum absolute atomic E-state index is 0.253. The Labute approximate surface area is 88.4 Å². The second-order valence-electron chi connectivity index (χ2n) is 3.89. The van der Waals surface area contributed by atoms with E-state index in [-0.39, 0.29) is 5.92 Å². The van der Waals surface area contributed by atoms with Gasteiger partial charge in [0.15, 0.2) is 0 Å². The third-order valence-electron chi connectivity index (χ3n) is 2.84. The molecule has 0 N–H and O–H groups in total. The average Bonchev–Trinajstić information content (AvgIpc) is 2.60. The fourth-order valence-corrected chi connectivity index (χ4v) is 2.71. The molecule has 2 nitrogen and oxygen atoms in total. The van der Waals surface area contributed by atoms with Crippen LogP contribution in [0.3, 0.4) is 0 Å². The first-order valence-corrected chi connectivity index (χ1v) is 6.15. The summed E-state index contributed by atoms with van der Waals surface area (Å²) in [4.78, 5) is 16.0. The second-order valence-corrected chi connectivity index (χ2v) is 4.87. The summed E-state index contributed by atoms with van der Waals surface area (Å²) in [6, 6.07) is 0. The average molecular weight is 209 g/mol. The van der Waals surface area contributed by atoms with Crippen molar-refractivity contribution in [2.75, 3.05) is 0 Å². The van der Waals surface area contributed by atoms with Gasteiger partial charge in [-0.15, -0.1) is 11.3 Å². The van der Waals surface area contributed by atoms with Gasteiger partial charge in [0.05, 0.1) is 5.01 Å². The van der Waals surface area contributed by atoms with Crippen molar-refractivity contribution in [1.82, 2.24) is 4.98 Å². The fourth-order valence-electron chi connectivity index (χ4n) is 2.01. The van der Waals surface area contributed by atoms with Crippen LogP contribution in [0.2, 0.25) is 0 Å². The largest absolute Gasteiger partial charge is 0.299 e. The Kier molecular flexibility index (Phi) is 3.30. The van der Waals surface area contributed by atoms with E-state index in [1.165, 1.54) is 12.8 Å². The lowest BCUT2D eigenvalue weighted by Gasteiger charge is -2.09. The van der Waals surface area contributed by atoms with Gasteiger partial charge in [0, 0.05) is 30.3 Å². The molecule has 0 spiro atoms. The fraction of sp³-hybridized carbons (Fsp3) is 0.636. The van der Waals surface area contributed by atoms with E-state index in [0.29, 0.717) is 5.78 Å². The highest BCUT2D eigenvalue weighted by atomic mass is 32.1.